The quantitative estimate of drug-likeness (QED) is 0.441. The Morgan fingerprint density at radius 3 is 2.21 bits per heavy atom. The highest BCUT2D eigenvalue weighted by Crippen LogP contribution is 2.34. The number of aryl methyl sites for hydroxylation is 1. The van der Waals surface area contributed by atoms with Gasteiger partial charge in [-0.05, 0) is 57.1 Å². The molecule has 0 radical (unpaired) electrons. The van der Waals surface area contributed by atoms with Crippen LogP contribution in [-0.4, -0.2) is 89.8 Å². The lowest BCUT2D eigenvalue weighted by molar-refractivity contribution is 0.347. The first-order chi connectivity index (χ1) is 18.3. The minimum absolute atomic E-state index is 0.195. The number of fused-ring (bicyclic) bond motifs is 1. The maximum Gasteiger partial charge on any atom is 0.262 e. The zero-order valence-electron chi connectivity index (χ0n) is 22.5. The summed E-state index contributed by atoms with van der Waals surface area (Å²) in [4.78, 5) is 23.1. The summed E-state index contributed by atoms with van der Waals surface area (Å²) in [7, 11) is -3.40. The number of H-pyrrole nitrogens is 1. The van der Waals surface area contributed by atoms with Crippen LogP contribution in [0.2, 0.25) is 0 Å². The molecular formula is C25H36N6O6S2. The second-order valence-corrected chi connectivity index (χ2v) is 13.7. The third-order valence-electron chi connectivity index (χ3n) is 7.16. The average molecular weight is 581 g/mol. The molecule has 1 saturated carbocycles. The van der Waals surface area contributed by atoms with Crippen LogP contribution in [0.5, 0.6) is 0 Å². The van der Waals surface area contributed by atoms with Gasteiger partial charge in [-0.2, -0.15) is 17.8 Å². The Morgan fingerprint density at radius 1 is 0.923 bits per heavy atom. The number of aromatic amines is 1. The van der Waals surface area contributed by atoms with E-state index in [0.717, 1.165) is 50.9 Å². The van der Waals surface area contributed by atoms with E-state index in [2.05, 4.69) is 15.0 Å². The van der Waals surface area contributed by atoms with Gasteiger partial charge in [0.1, 0.15) is 11.2 Å². The van der Waals surface area contributed by atoms with Crippen molar-refractivity contribution in [3.8, 4) is 11.4 Å². The summed E-state index contributed by atoms with van der Waals surface area (Å²) in [6.45, 7) is 2.61. The SMILES string of the molecule is CN1CCCN(S(=O)(=O)c2ccc(-c3nc4c(c(C5CCCCC5)nn4C)c(=O)[nH]3)cc2)CC1.CS(=O)(=O)O. The molecule has 2 N–H and O–H groups in total. The average Bonchev–Trinajstić information content (AvgIpc) is 3.06. The maximum absolute atomic E-state index is 13.1. The number of nitrogens with one attached hydrogen (secondary N) is 1. The van der Waals surface area contributed by atoms with Crippen molar-refractivity contribution in [3.63, 3.8) is 0 Å². The molecule has 2 aromatic heterocycles. The molecule has 5 rings (SSSR count). The first kappa shape index (κ1) is 29.3. The molecule has 12 nitrogen and oxygen atoms in total. The first-order valence-electron chi connectivity index (χ1n) is 13.0. The van der Waals surface area contributed by atoms with E-state index in [4.69, 9.17) is 9.54 Å². The molecule has 214 valence electrons. The van der Waals surface area contributed by atoms with Crippen molar-refractivity contribution < 1.29 is 21.4 Å². The summed E-state index contributed by atoms with van der Waals surface area (Å²) in [6.07, 6.45) is 7.19. The Balaban J connectivity index is 0.000000648. The molecule has 0 atom stereocenters. The third-order valence-corrected chi connectivity index (χ3v) is 9.07. The van der Waals surface area contributed by atoms with Crippen molar-refractivity contribution in [3.05, 3.63) is 40.3 Å². The molecule has 2 fully saturated rings. The molecule has 0 unspecified atom stereocenters. The normalized spacial score (nSPS) is 18.5. The number of hydrogen-bond donors (Lipinski definition) is 2. The van der Waals surface area contributed by atoms with Crippen molar-refractivity contribution >= 4 is 31.2 Å². The number of nitrogens with zero attached hydrogens (tertiary/aromatic N) is 5. The van der Waals surface area contributed by atoms with E-state index in [1.54, 1.807) is 33.3 Å². The van der Waals surface area contributed by atoms with Crippen molar-refractivity contribution in [1.29, 1.82) is 0 Å². The lowest BCUT2D eigenvalue weighted by atomic mass is 9.86. The Bertz CT molecular complexity index is 1570. The van der Waals surface area contributed by atoms with Gasteiger partial charge < -0.3 is 9.88 Å². The van der Waals surface area contributed by atoms with Crippen LogP contribution < -0.4 is 5.56 Å². The highest BCUT2D eigenvalue weighted by Gasteiger charge is 2.27. The topological polar surface area (TPSA) is 159 Å². The molecule has 1 aliphatic carbocycles. The van der Waals surface area contributed by atoms with E-state index >= 15 is 0 Å². The molecule has 1 saturated heterocycles. The smallest absolute Gasteiger partial charge is 0.262 e. The van der Waals surface area contributed by atoms with Crippen LogP contribution in [0, 0.1) is 0 Å². The van der Waals surface area contributed by atoms with E-state index in [-0.39, 0.29) is 10.5 Å². The summed E-state index contributed by atoms with van der Waals surface area (Å²) in [5, 5.41) is 5.24. The molecule has 14 heteroatoms. The highest BCUT2D eigenvalue weighted by molar-refractivity contribution is 7.89. The van der Waals surface area contributed by atoms with Crippen LogP contribution in [0.1, 0.15) is 50.1 Å². The van der Waals surface area contributed by atoms with Crippen molar-refractivity contribution in [2.24, 2.45) is 7.05 Å². The fourth-order valence-electron chi connectivity index (χ4n) is 5.18. The van der Waals surface area contributed by atoms with Gasteiger partial charge in [-0.1, -0.05) is 19.3 Å². The second-order valence-electron chi connectivity index (χ2n) is 10.3. The van der Waals surface area contributed by atoms with E-state index in [9.17, 15) is 21.6 Å². The highest BCUT2D eigenvalue weighted by atomic mass is 32.2. The van der Waals surface area contributed by atoms with Crippen molar-refractivity contribution in [2.45, 2.75) is 49.3 Å². The van der Waals surface area contributed by atoms with E-state index in [0.29, 0.717) is 47.7 Å². The summed E-state index contributed by atoms with van der Waals surface area (Å²) in [5.41, 5.74) is 1.87. The first-order valence-corrected chi connectivity index (χ1v) is 16.3. The maximum atomic E-state index is 13.1. The zero-order valence-corrected chi connectivity index (χ0v) is 24.1. The van der Waals surface area contributed by atoms with Gasteiger partial charge in [0, 0.05) is 38.2 Å². The van der Waals surface area contributed by atoms with Gasteiger partial charge in [0.2, 0.25) is 10.0 Å². The fraction of sp³-hybridized carbons (Fsp3) is 0.560. The minimum Gasteiger partial charge on any atom is -0.306 e. The van der Waals surface area contributed by atoms with Crippen molar-refractivity contribution in [2.75, 3.05) is 39.5 Å². The standard InChI is InChI=1S/C24H32N6O3S.CH4O3S/c1-28-13-6-14-30(16-15-28)34(32,33)19-11-9-18(10-12-19)22-25-23-20(24(31)26-22)21(27-29(23)2)17-7-4-3-5-8-17;1-5(2,3)4/h9-12,17H,3-8,13-16H2,1-2H3,(H,25,26,31);1H3,(H,2,3,4). The molecule has 1 aromatic carbocycles. The van der Waals surface area contributed by atoms with E-state index in [1.165, 1.54) is 6.42 Å². The summed E-state index contributed by atoms with van der Waals surface area (Å²) in [5.74, 6) is 0.713. The Kier molecular flexibility index (Phi) is 8.91. The predicted octanol–water partition coefficient (Wildman–Crippen LogP) is 2.20. The molecule has 2 aliphatic rings. The van der Waals surface area contributed by atoms with Gasteiger partial charge in [-0.3, -0.25) is 9.35 Å². The van der Waals surface area contributed by atoms with Crippen LogP contribution in [0.25, 0.3) is 22.4 Å². The number of benzene rings is 1. The monoisotopic (exact) mass is 580 g/mol. The molecule has 3 heterocycles. The molecule has 0 spiro atoms. The largest absolute Gasteiger partial charge is 0.306 e. The van der Waals surface area contributed by atoms with Crippen LogP contribution in [0.4, 0.5) is 0 Å². The lowest BCUT2D eigenvalue weighted by Crippen LogP contribution is -2.34. The van der Waals surface area contributed by atoms with E-state index < -0.39 is 20.1 Å². The number of hydrogen-bond acceptors (Lipinski definition) is 8. The van der Waals surface area contributed by atoms with Gasteiger partial charge in [-0.25, -0.2) is 18.1 Å². The number of sulfonamides is 1. The van der Waals surface area contributed by atoms with Crippen LogP contribution >= 0.6 is 0 Å². The summed E-state index contributed by atoms with van der Waals surface area (Å²) >= 11 is 0. The van der Waals surface area contributed by atoms with Crippen LogP contribution in [-0.2, 0) is 27.2 Å². The van der Waals surface area contributed by atoms with Crippen LogP contribution in [0.3, 0.4) is 0 Å². The minimum atomic E-state index is -3.67. The number of aromatic nitrogens is 4. The number of likely N-dealkylation sites (N-methyl/N-ethyl adjacent to an activating group) is 1. The molecule has 39 heavy (non-hydrogen) atoms. The van der Waals surface area contributed by atoms with Gasteiger partial charge in [-0.15, -0.1) is 0 Å². The fourth-order valence-corrected chi connectivity index (χ4v) is 6.65. The third kappa shape index (κ3) is 7.11. The van der Waals surface area contributed by atoms with Gasteiger partial charge in [0.15, 0.2) is 5.65 Å². The lowest BCUT2D eigenvalue weighted by Gasteiger charge is -2.20. The molecule has 0 bridgehead atoms. The van der Waals surface area contributed by atoms with Crippen molar-refractivity contribution in [1.82, 2.24) is 29.0 Å². The molecule has 3 aromatic rings. The Hall–Kier alpha value is -2.65. The van der Waals surface area contributed by atoms with Gasteiger partial charge in [0.05, 0.1) is 16.8 Å². The Morgan fingerprint density at radius 2 is 1.56 bits per heavy atom. The Labute approximate surface area is 228 Å². The second kappa shape index (κ2) is 11.8. The van der Waals surface area contributed by atoms with E-state index in [1.807, 2.05) is 14.1 Å². The molecular weight excluding hydrogens is 544 g/mol. The molecule has 0 amide bonds. The number of rotatable bonds is 4. The zero-order chi connectivity index (χ0) is 28.4. The van der Waals surface area contributed by atoms with Crippen LogP contribution in [0.15, 0.2) is 34.0 Å². The molecule has 1 aliphatic heterocycles. The summed E-state index contributed by atoms with van der Waals surface area (Å²) < 4.78 is 55.4. The van der Waals surface area contributed by atoms with Gasteiger partial charge in [0.25, 0.3) is 15.7 Å². The van der Waals surface area contributed by atoms with Gasteiger partial charge >= 0.3 is 0 Å². The predicted molar refractivity (Wildman–Crippen MR) is 149 cm³/mol. The summed E-state index contributed by atoms with van der Waals surface area (Å²) in [6, 6.07) is 6.61.